The van der Waals surface area contributed by atoms with Gasteiger partial charge in [-0.2, -0.15) is 5.26 Å². The van der Waals surface area contributed by atoms with E-state index < -0.39 is 11.8 Å². The normalized spacial score (nSPS) is 10.2. The zero-order valence-electron chi connectivity index (χ0n) is 14.2. The maximum atomic E-state index is 12.3. The van der Waals surface area contributed by atoms with Crippen LogP contribution in [-0.4, -0.2) is 28.4 Å². The number of pyridine rings is 1. The summed E-state index contributed by atoms with van der Waals surface area (Å²) >= 11 is 3.23. The first kappa shape index (κ1) is 19.6. The van der Waals surface area contributed by atoms with E-state index in [1.165, 1.54) is 0 Å². The van der Waals surface area contributed by atoms with Crippen molar-refractivity contribution in [2.75, 3.05) is 6.61 Å². The summed E-state index contributed by atoms with van der Waals surface area (Å²) < 4.78 is 5.14. The molecule has 134 valence electrons. The smallest absolute Gasteiger partial charge is 0.306 e. The molecule has 1 aromatic heterocycles. The van der Waals surface area contributed by atoms with Crippen molar-refractivity contribution in [3.05, 3.63) is 57.3 Å². The van der Waals surface area contributed by atoms with Gasteiger partial charge in [0, 0.05) is 18.5 Å². The third kappa shape index (κ3) is 5.14. The van der Waals surface area contributed by atoms with Gasteiger partial charge in [0.15, 0.2) is 11.5 Å². The number of ketones is 1. The number of carbonyl (C=O) groups is 2. The minimum Gasteiger partial charge on any atom is -0.504 e. The summed E-state index contributed by atoms with van der Waals surface area (Å²) in [6.45, 7) is 1.94. The van der Waals surface area contributed by atoms with E-state index in [1.54, 1.807) is 31.2 Å². The summed E-state index contributed by atoms with van der Waals surface area (Å²) in [7, 11) is 0. The van der Waals surface area contributed by atoms with E-state index in [9.17, 15) is 14.7 Å². The zero-order chi connectivity index (χ0) is 19.1. The fraction of sp³-hybridized carbons (Fsp3) is 0.263. The van der Waals surface area contributed by atoms with Crippen LogP contribution in [0, 0.1) is 11.3 Å². The molecule has 2 rings (SSSR count). The number of nitrogens with zero attached hydrogens (tertiary/aromatic N) is 2. The number of aromatic hydroxyl groups is 1. The lowest BCUT2D eigenvalue weighted by atomic mass is 10.1. The van der Waals surface area contributed by atoms with E-state index in [0.29, 0.717) is 22.2 Å². The van der Waals surface area contributed by atoms with Crippen LogP contribution in [0.25, 0.3) is 0 Å². The van der Waals surface area contributed by atoms with Gasteiger partial charge in [0.25, 0.3) is 0 Å². The number of nitriles is 1. The van der Waals surface area contributed by atoms with Gasteiger partial charge in [0.2, 0.25) is 0 Å². The third-order valence-electron chi connectivity index (χ3n) is 3.57. The van der Waals surface area contributed by atoms with Crippen LogP contribution in [0.15, 0.2) is 34.8 Å². The lowest BCUT2D eigenvalue weighted by Gasteiger charge is -2.09. The molecule has 7 heteroatoms. The molecule has 0 aliphatic rings. The highest BCUT2D eigenvalue weighted by molar-refractivity contribution is 9.10. The third-order valence-corrected chi connectivity index (χ3v) is 4.17. The molecule has 2 aromatic rings. The van der Waals surface area contributed by atoms with Crippen LogP contribution >= 0.6 is 15.9 Å². The Balaban J connectivity index is 2.21. The average molecular weight is 417 g/mol. The van der Waals surface area contributed by atoms with Gasteiger partial charge in [0.05, 0.1) is 29.1 Å². The molecule has 26 heavy (non-hydrogen) atoms. The van der Waals surface area contributed by atoms with E-state index in [0.717, 1.165) is 5.56 Å². The van der Waals surface area contributed by atoms with Crippen LogP contribution in [0.2, 0.25) is 0 Å². The van der Waals surface area contributed by atoms with Crippen molar-refractivity contribution in [1.82, 2.24) is 4.98 Å². The Morgan fingerprint density at radius 3 is 2.77 bits per heavy atom. The molecule has 1 aromatic carbocycles. The van der Waals surface area contributed by atoms with Gasteiger partial charge in [0.1, 0.15) is 5.69 Å². The maximum Gasteiger partial charge on any atom is 0.306 e. The zero-order valence-corrected chi connectivity index (χ0v) is 15.7. The summed E-state index contributed by atoms with van der Waals surface area (Å²) in [6.07, 6.45) is 0.228. The Labute approximate surface area is 159 Å². The molecule has 0 fully saturated rings. The van der Waals surface area contributed by atoms with Crippen molar-refractivity contribution in [1.29, 1.82) is 5.26 Å². The van der Waals surface area contributed by atoms with Crippen LogP contribution in [0.4, 0.5) is 0 Å². The van der Waals surface area contributed by atoms with Crippen molar-refractivity contribution >= 4 is 27.7 Å². The molecule has 0 amide bonds. The molecule has 0 bridgehead atoms. The van der Waals surface area contributed by atoms with E-state index in [-0.39, 0.29) is 30.9 Å². The highest BCUT2D eigenvalue weighted by Gasteiger charge is 2.19. The van der Waals surface area contributed by atoms with Gasteiger partial charge >= 0.3 is 5.97 Å². The summed E-state index contributed by atoms with van der Waals surface area (Å²) in [5.74, 6) is -1.17. The number of hydrogen-bond acceptors (Lipinski definition) is 6. The predicted molar refractivity (Wildman–Crippen MR) is 97.8 cm³/mol. The molecule has 6 nitrogen and oxygen atoms in total. The molecule has 1 heterocycles. The number of ether oxygens (including phenoxy) is 1. The molecule has 0 radical (unpaired) electrons. The number of hydrogen-bond donors (Lipinski definition) is 1. The molecular weight excluding hydrogens is 400 g/mol. The van der Waals surface area contributed by atoms with Gasteiger partial charge in [-0.1, -0.05) is 12.1 Å². The maximum absolute atomic E-state index is 12.3. The van der Waals surface area contributed by atoms with E-state index >= 15 is 0 Å². The second-order valence-electron chi connectivity index (χ2n) is 5.51. The molecule has 0 atom stereocenters. The van der Waals surface area contributed by atoms with Crippen molar-refractivity contribution in [2.45, 2.75) is 26.2 Å². The van der Waals surface area contributed by atoms with E-state index in [4.69, 9.17) is 10.00 Å². The van der Waals surface area contributed by atoms with Gasteiger partial charge in [-0.05, 0) is 46.6 Å². The van der Waals surface area contributed by atoms with E-state index in [2.05, 4.69) is 27.0 Å². The standard InChI is InChI=1S/C19H17BrN2O4/c1-2-26-17(24)7-6-16(23)18-19(25)15(20)10-14(22-18)9-12-4-3-5-13(8-12)11-21/h3-5,8,10,25H,2,6-7,9H2,1H3. The van der Waals surface area contributed by atoms with Crippen LogP contribution in [0.5, 0.6) is 5.75 Å². The first-order valence-corrected chi connectivity index (χ1v) is 8.80. The number of benzene rings is 1. The molecule has 1 N–H and O–H groups in total. The van der Waals surface area contributed by atoms with Crippen LogP contribution in [-0.2, 0) is 16.0 Å². The molecule has 0 spiro atoms. The topological polar surface area (TPSA) is 100 Å². The lowest BCUT2D eigenvalue weighted by Crippen LogP contribution is -2.10. The fourth-order valence-corrected chi connectivity index (χ4v) is 2.82. The summed E-state index contributed by atoms with van der Waals surface area (Å²) in [6, 6.07) is 10.8. The highest BCUT2D eigenvalue weighted by Crippen LogP contribution is 2.29. The first-order valence-electron chi connectivity index (χ1n) is 8.00. The second-order valence-corrected chi connectivity index (χ2v) is 6.36. The van der Waals surface area contributed by atoms with Crippen molar-refractivity contribution in [2.24, 2.45) is 0 Å². The Morgan fingerprint density at radius 1 is 1.31 bits per heavy atom. The average Bonchev–Trinajstić information content (AvgIpc) is 2.63. The predicted octanol–water partition coefficient (Wildman–Crippen LogP) is 3.54. The minimum absolute atomic E-state index is 0.0696. The SMILES string of the molecule is CCOC(=O)CCC(=O)c1nc(Cc2cccc(C#N)c2)cc(Br)c1O. The Kier molecular flexibility index (Phi) is 6.87. The van der Waals surface area contributed by atoms with Crippen molar-refractivity contribution in [3.63, 3.8) is 0 Å². The number of esters is 1. The summed E-state index contributed by atoms with van der Waals surface area (Å²) in [5.41, 5.74) is 1.87. The molecule has 0 aliphatic heterocycles. The Morgan fingerprint density at radius 2 is 2.08 bits per heavy atom. The number of aromatic nitrogens is 1. The quantitative estimate of drug-likeness (QED) is 0.547. The highest BCUT2D eigenvalue weighted by atomic mass is 79.9. The monoisotopic (exact) mass is 416 g/mol. The molecular formula is C19H17BrN2O4. The molecule has 0 saturated heterocycles. The summed E-state index contributed by atoms with van der Waals surface area (Å²) in [5, 5.41) is 19.1. The Hall–Kier alpha value is -2.72. The van der Waals surface area contributed by atoms with Crippen LogP contribution in [0.3, 0.4) is 0 Å². The molecule has 0 unspecified atom stereocenters. The van der Waals surface area contributed by atoms with Gasteiger partial charge in [-0.3, -0.25) is 9.59 Å². The summed E-state index contributed by atoms with van der Waals surface area (Å²) in [4.78, 5) is 28.0. The number of rotatable bonds is 7. The fourth-order valence-electron chi connectivity index (χ4n) is 2.37. The molecule has 0 saturated carbocycles. The largest absolute Gasteiger partial charge is 0.504 e. The van der Waals surface area contributed by atoms with Crippen LogP contribution in [0.1, 0.15) is 47.1 Å². The Bertz CT molecular complexity index is 874. The van der Waals surface area contributed by atoms with E-state index in [1.807, 2.05) is 6.07 Å². The number of carbonyl (C=O) groups excluding carboxylic acids is 2. The van der Waals surface area contributed by atoms with Crippen molar-refractivity contribution < 1.29 is 19.4 Å². The minimum atomic E-state index is -0.469. The van der Waals surface area contributed by atoms with Gasteiger partial charge in [-0.25, -0.2) is 4.98 Å². The number of Topliss-reactive ketones (excluding diaryl/α,β-unsaturated/α-hetero) is 1. The van der Waals surface area contributed by atoms with Crippen LogP contribution < -0.4 is 0 Å². The lowest BCUT2D eigenvalue weighted by molar-refractivity contribution is -0.143. The van der Waals surface area contributed by atoms with Crippen molar-refractivity contribution in [3.8, 4) is 11.8 Å². The molecule has 0 aliphatic carbocycles. The van der Waals surface area contributed by atoms with Gasteiger partial charge in [-0.15, -0.1) is 0 Å². The number of halogens is 1. The van der Waals surface area contributed by atoms with Gasteiger partial charge < -0.3 is 9.84 Å². The second kappa shape index (κ2) is 9.11. The first-order chi connectivity index (χ1) is 12.4.